The number of carbonyl (C=O) groups is 1. The number of pyridine rings is 1. The van der Waals surface area contributed by atoms with Crippen LogP contribution in [0, 0.1) is 0 Å². The molecule has 1 saturated carbocycles. The van der Waals surface area contributed by atoms with Gasteiger partial charge in [-0.1, -0.05) is 19.3 Å². The van der Waals surface area contributed by atoms with Gasteiger partial charge in [0, 0.05) is 12.4 Å². The van der Waals surface area contributed by atoms with Gasteiger partial charge in [0.05, 0.1) is 18.6 Å². The quantitative estimate of drug-likeness (QED) is 0.796. The Labute approximate surface area is 107 Å². The lowest BCUT2D eigenvalue weighted by atomic mass is 10.1. The van der Waals surface area contributed by atoms with Gasteiger partial charge in [0.25, 0.3) is 0 Å². The fraction of sp³-hybridized carbons (Fsp3) is 0.571. The zero-order valence-corrected chi connectivity index (χ0v) is 10.5. The first-order chi connectivity index (χ1) is 8.75. The zero-order valence-electron chi connectivity index (χ0n) is 10.5. The Kier molecular flexibility index (Phi) is 4.70. The number of aliphatic hydroxyl groups is 1. The highest BCUT2D eigenvalue weighted by molar-refractivity contribution is 5.78. The number of amides is 1. The number of nitrogens with zero attached hydrogens (tertiary/aromatic N) is 1. The molecule has 4 nitrogen and oxygen atoms in total. The average Bonchev–Trinajstić information content (AvgIpc) is 2.56. The van der Waals surface area contributed by atoms with Crippen molar-refractivity contribution in [1.29, 1.82) is 0 Å². The molecule has 1 aliphatic rings. The maximum Gasteiger partial charge on any atom is 0.224 e. The van der Waals surface area contributed by atoms with E-state index in [1.807, 2.05) is 12.1 Å². The van der Waals surface area contributed by atoms with Gasteiger partial charge in [0.2, 0.25) is 5.91 Å². The maximum atomic E-state index is 11.9. The Bertz CT molecular complexity index is 381. The molecule has 4 heteroatoms. The number of aliphatic hydroxyl groups excluding tert-OH is 1. The van der Waals surface area contributed by atoms with Crippen molar-refractivity contribution in [3.8, 4) is 0 Å². The second kappa shape index (κ2) is 6.50. The third kappa shape index (κ3) is 3.81. The highest BCUT2D eigenvalue weighted by Crippen LogP contribution is 2.18. The van der Waals surface area contributed by atoms with Crippen LogP contribution >= 0.6 is 0 Å². The van der Waals surface area contributed by atoms with Gasteiger partial charge >= 0.3 is 0 Å². The van der Waals surface area contributed by atoms with Crippen LogP contribution in [0.2, 0.25) is 0 Å². The molecule has 18 heavy (non-hydrogen) atoms. The molecular weight excluding hydrogens is 228 g/mol. The van der Waals surface area contributed by atoms with E-state index < -0.39 is 6.10 Å². The number of carbonyl (C=O) groups excluding carboxylic acids is 1. The average molecular weight is 248 g/mol. The van der Waals surface area contributed by atoms with Crippen molar-refractivity contribution in [2.24, 2.45) is 0 Å². The molecular formula is C14H20N2O2. The molecule has 0 radical (unpaired) electrons. The lowest BCUT2D eigenvalue weighted by Gasteiger charge is -2.21. The molecule has 2 N–H and O–H groups in total. The predicted octanol–water partition coefficient (Wildman–Crippen LogP) is 1.43. The third-order valence-corrected chi connectivity index (χ3v) is 3.44. The van der Waals surface area contributed by atoms with E-state index in [1.165, 1.54) is 0 Å². The van der Waals surface area contributed by atoms with E-state index in [-0.39, 0.29) is 11.9 Å². The van der Waals surface area contributed by atoms with Gasteiger partial charge in [0.1, 0.15) is 0 Å². The van der Waals surface area contributed by atoms with E-state index in [9.17, 15) is 9.90 Å². The smallest absolute Gasteiger partial charge is 0.224 e. The van der Waals surface area contributed by atoms with Crippen LogP contribution in [0.3, 0.4) is 0 Å². The summed E-state index contributed by atoms with van der Waals surface area (Å²) in [6, 6.07) is 3.59. The number of hydrogen-bond donors (Lipinski definition) is 2. The predicted molar refractivity (Wildman–Crippen MR) is 69.0 cm³/mol. The van der Waals surface area contributed by atoms with Crippen LogP contribution in [0.5, 0.6) is 0 Å². The molecule has 0 aromatic carbocycles. The van der Waals surface area contributed by atoms with Crippen molar-refractivity contribution in [2.45, 2.75) is 50.7 Å². The zero-order chi connectivity index (χ0) is 12.8. The molecule has 98 valence electrons. The van der Waals surface area contributed by atoms with Gasteiger partial charge in [-0.3, -0.25) is 9.78 Å². The summed E-state index contributed by atoms with van der Waals surface area (Å²) in [5, 5.41) is 12.9. The topological polar surface area (TPSA) is 62.2 Å². The van der Waals surface area contributed by atoms with Crippen LogP contribution in [0.25, 0.3) is 0 Å². The molecule has 0 aliphatic heterocycles. The monoisotopic (exact) mass is 248 g/mol. The van der Waals surface area contributed by atoms with E-state index >= 15 is 0 Å². The lowest BCUT2D eigenvalue weighted by molar-refractivity contribution is -0.122. The molecule has 1 aliphatic carbocycles. The molecule has 2 rings (SSSR count). The molecule has 1 fully saturated rings. The van der Waals surface area contributed by atoms with Crippen molar-refractivity contribution in [1.82, 2.24) is 10.3 Å². The molecule has 0 saturated heterocycles. The van der Waals surface area contributed by atoms with Crippen molar-refractivity contribution >= 4 is 5.91 Å². The molecule has 0 spiro atoms. The molecule has 2 unspecified atom stereocenters. The molecule has 0 bridgehead atoms. The highest BCUT2D eigenvalue weighted by Gasteiger charge is 2.22. The van der Waals surface area contributed by atoms with Crippen LogP contribution < -0.4 is 5.32 Å². The van der Waals surface area contributed by atoms with Gasteiger partial charge in [-0.25, -0.2) is 0 Å². The van der Waals surface area contributed by atoms with Crippen molar-refractivity contribution < 1.29 is 9.90 Å². The number of nitrogens with one attached hydrogen (secondary N) is 1. The van der Waals surface area contributed by atoms with Crippen molar-refractivity contribution in [3.63, 3.8) is 0 Å². The van der Waals surface area contributed by atoms with Crippen LogP contribution in [0.4, 0.5) is 0 Å². The Hall–Kier alpha value is -1.42. The summed E-state index contributed by atoms with van der Waals surface area (Å²) in [4.78, 5) is 15.8. The molecule has 1 amide bonds. The highest BCUT2D eigenvalue weighted by atomic mass is 16.3. The molecule has 2 atom stereocenters. The van der Waals surface area contributed by atoms with Crippen molar-refractivity contribution in [2.75, 3.05) is 0 Å². The minimum absolute atomic E-state index is 0.0212. The summed E-state index contributed by atoms with van der Waals surface area (Å²) >= 11 is 0. The summed E-state index contributed by atoms with van der Waals surface area (Å²) in [5.74, 6) is -0.0212. The normalized spacial score (nSPS) is 24.3. The standard InChI is InChI=1S/C14H20N2O2/c17-13-5-3-1-2-4-12(13)16-14(18)10-11-6-8-15-9-7-11/h6-9,12-13,17H,1-5,10H2,(H,16,18). The van der Waals surface area contributed by atoms with Crippen LogP contribution in [0.1, 0.15) is 37.7 Å². The summed E-state index contributed by atoms with van der Waals surface area (Å²) in [5.41, 5.74) is 0.950. The minimum Gasteiger partial charge on any atom is -0.391 e. The van der Waals surface area contributed by atoms with E-state index in [0.717, 1.165) is 37.7 Å². The minimum atomic E-state index is -0.395. The lowest BCUT2D eigenvalue weighted by Crippen LogP contribution is -2.43. The van der Waals surface area contributed by atoms with E-state index in [2.05, 4.69) is 10.3 Å². The second-order valence-corrected chi connectivity index (χ2v) is 4.91. The van der Waals surface area contributed by atoms with Gasteiger partial charge in [-0.15, -0.1) is 0 Å². The van der Waals surface area contributed by atoms with Gasteiger partial charge in [-0.2, -0.15) is 0 Å². The molecule has 1 aromatic rings. The Morgan fingerprint density at radius 2 is 2.00 bits per heavy atom. The first kappa shape index (κ1) is 13.0. The second-order valence-electron chi connectivity index (χ2n) is 4.91. The Balaban J connectivity index is 1.86. The number of rotatable bonds is 3. The molecule has 1 aromatic heterocycles. The van der Waals surface area contributed by atoms with E-state index in [4.69, 9.17) is 0 Å². The van der Waals surface area contributed by atoms with E-state index in [0.29, 0.717) is 6.42 Å². The van der Waals surface area contributed by atoms with Gasteiger partial charge in [0.15, 0.2) is 0 Å². The summed E-state index contributed by atoms with van der Waals surface area (Å²) in [6.07, 6.45) is 8.28. The van der Waals surface area contributed by atoms with E-state index in [1.54, 1.807) is 12.4 Å². The van der Waals surface area contributed by atoms with Gasteiger partial charge < -0.3 is 10.4 Å². The fourth-order valence-electron chi connectivity index (χ4n) is 2.40. The summed E-state index contributed by atoms with van der Waals surface area (Å²) in [7, 11) is 0. The molecule has 1 heterocycles. The SMILES string of the molecule is O=C(Cc1ccncc1)NC1CCCCCC1O. The maximum absolute atomic E-state index is 11.9. The van der Waals surface area contributed by atoms with Crippen LogP contribution in [0.15, 0.2) is 24.5 Å². The first-order valence-corrected chi connectivity index (χ1v) is 6.62. The largest absolute Gasteiger partial charge is 0.391 e. The Morgan fingerprint density at radius 3 is 2.78 bits per heavy atom. The number of hydrogen-bond acceptors (Lipinski definition) is 3. The van der Waals surface area contributed by atoms with Crippen LogP contribution in [-0.4, -0.2) is 28.1 Å². The van der Waals surface area contributed by atoms with Crippen molar-refractivity contribution in [3.05, 3.63) is 30.1 Å². The summed E-state index contributed by atoms with van der Waals surface area (Å²) in [6.45, 7) is 0. The van der Waals surface area contributed by atoms with Gasteiger partial charge in [-0.05, 0) is 30.5 Å². The number of aromatic nitrogens is 1. The van der Waals surface area contributed by atoms with Crippen LogP contribution in [-0.2, 0) is 11.2 Å². The fourth-order valence-corrected chi connectivity index (χ4v) is 2.40. The summed E-state index contributed by atoms with van der Waals surface area (Å²) < 4.78 is 0. The third-order valence-electron chi connectivity index (χ3n) is 3.44. The Morgan fingerprint density at radius 1 is 1.28 bits per heavy atom. The first-order valence-electron chi connectivity index (χ1n) is 6.62.